The molecule has 2 heterocycles. The molecule has 1 saturated heterocycles. The zero-order chi connectivity index (χ0) is 22.1. The van der Waals surface area contributed by atoms with E-state index >= 15 is 0 Å². The molecular formula is C23H36N2O6. The van der Waals surface area contributed by atoms with Gasteiger partial charge in [-0.05, 0) is 57.3 Å². The lowest BCUT2D eigenvalue weighted by molar-refractivity contribution is 0.0487. The Hall–Kier alpha value is -2.03. The third kappa shape index (κ3) is 6.98. The number of cyclic esters (lactones) is 1. The van der Waals surface area contributed by atoms with Gasteiger partial charge in [-0.25, -0.2) is 4.79 Å². The first-order valence-corrected chi connectivity index (χ1v) is 11.3. The zero-order valence-corrected chi connectivity index (χ0v) is 18.8. The van der Waals surface area contributed by atoms with Gasteiger partial charge in [0.05, 0.1) is 39.1 Å². The van der Waals surface area contributed by atoms with Crippen LogP contribution in [0.15, 0.2) is 12.1 Å². The largest absolute Gasteiger partial charge is 0.493 e. The van der Waals surface area contributed by atoms with Crippen molar-refractivity contribution in [3.63, 3.8) is 0 Å². The number of aliphatic hydroxyl groups is 1. The molecule has 0 aliphatic carbocycles. The Kier molecular flexibility index (Phi) is 9.24. The SMILES string of the molecule is COc1cc2cc(c1OC)OCCCC(O)CCN1CCCN(CCCOC2=O)CC1. The first-order chi connectivity index (χ1) is 15.1. The molecule has 2 aliphatic heterocycles. The summed E-state index contributed by atoms with van der Waals surface area (Å²) < 4.78 is 22.2. The number of methoxy groups -OCH3 is 2. The molecule has 3 unspecified atom stereocenters. The van der Waals surface area contributed by atoms with E-state index in [0.717, 1.165) is 58.5 Å². The van der Waals surface area contributed by atoms with Crippen LogP contribution in [-0.2, 0) is 4.74 Å². The van der Waals surface area contributed by atoms with Crippen molar-refractivity contribution in [2.24, 2.45) is 0 Å². The highest BCUT2D eigenvalue weighted by atomic mass is 16.5. The van der Waals surface area contributed by atoms with Gasteiger partial charge in [0.1, 0.15) is 0 Å². The van der Waals surface area contributed by atoms with Gasteiger partial charge in [-0.1, -0.05) is 0 Å². The molecule has 1 fully saturated rings. The highest BCUT2D eigenvalue weighted by Crippen LogP contribution is 2.38. The number of fused-ring (bicyclic) bond motifs is 5. The maximum Gasteiger partial charge on any atom is 0.338 e. The number of hydrogen-bond acceptors (Lipinski definition) is 8. The van der Waals surface area contributed by atoms with Gasteiger partial charge >= 0.3 is 5.97 Å². The van der Waals surface area contributed by atoms with Crippen LogP contribution in [0.1, 0.15) is 42.5 Å². The second-order valence-electron chi connectivity index (χ2n) is 8.17. The molecule has 3 rings (SSSR count). The Bertz CT molecular complexity index is 714. The van der Waals surface area contributed by atoms with Crippen molar-refractivity contribution < 1.29 is 28.8 Å². The van der Waals surface area contributed by atoms with Crippen LogP contribution < -0.4 is 14.2 Å². The molecule has 31 heavy (non-hydrogen) atoms. The number of carbonyl (C=O) groups is 1. The minimum absolute atomic E-state index is 0.345. The number of carbonyl (C=O) groups excluding carboxylic acids is 1. The summed E-state index contributed by atoms with van der Waals surface area (Å²) >= 11 is 0. The summed E-state index contributed by atoms with van der Waals surface area (Å²) in [5, 5.41) is 10.4. The summed E-state index contributed by atoms with van der Waals surface area (Å²) in [6.07, 6.45) is 3.72. The average Bonchev–Trinajstić information content (AvgIpc) is 3.02. The van der Waals surface area contributed by atoms with E-state index in [4.69, 9.17) is 18.9 Å². The highest BCUT2D eigenvalue weighted by molar-refractivity contribution is 5.91. The normalized spacial score (nSPS) is 26.4. The molecule has 0 aromatic heterocycles. The van der Waals surface area contributed by atoms with E-state index < -0.39 is 5.97 Å². The van der Waals surface area contributed by atoms with Gasteiger partial charge in [0.25, 0.3) is 0 Å². The molecule has 0 saturated carbocycles. The van der Waals surface area contributed by atoms with Crippen molar-refractivity contribution in [2.75, 3.05) is 66.7 Å². The fourth-order valence-corrected chi connectivity index (χ4v) is 4.14. The second kappa shape index (κ2) is 12.1. The maximum absolute atomic E-state index is 12.6. The molecule has 2 aliphatic rings. The Labute approximate surface area is 185 Å². The molecule has 8 nitrogen and oxygen atoms in total. The number of benzene rings is 1. The number of esters is 1. The zero-order valence-electron chi connectivity index (χ0n) is 18.8. The number of nitrogens with zero attached hydrogens (tertiary/aromatic N) is 2. The molecule has 4 bridgehead atoms. The second-order valence-corrected chi connectivity index (χ2v) is 8.17. The lowest BCUT2D eigenvalue weighted by Crippen LogP contribution is -2.33. The quantitative estimate of drug-likeness (QED) is 0.707. The van der Waals surface area contributed by atoms with Crippen molar-refractivity contribution in [1.82, 2.24) is 9.80 Å². The number of ether oxygens (including phenoxy) is 4. The summed E-state index contributed by atoms with van der Waals surface area (Å²) in [5.74, 6) is 0.902. The predicted octanol–water partition coefficient (Wildman–Crippen LogP) is 2.18. The minimum atomic E-state index is -0.402. The molecule has 3 atom stereocenters. The maximum atomic E-state index is 12.6. The summed E-state index contributed by atoms with van der Waals surface area (Å²) in [6.45, 7) is 6.76. The van der Waals surface area contributed by atoms with E-state index in [2.05, 4.69) is 9.80 Å². The van der Waals surface area contributed by atoms with Gasteiger partial charge < -0.3 is 33.9 Å². The molecule has 174 valence electrons. The Morgan fingerprint density at radius 3 is 2.32 bits per heavy atom. The lowest BCUT2D eigenvalue weighted by atomic mass is 10.1. The summed E-state index contributed by atoms with van der Waals surface area (Å²) in [4.78, 5) is 17.5. The number of aliphatic hydroxyl groups excluding tert-OH is 1. The third-order valence-corrected chi connectivity index (χ3v) is 5.93. The smallest absolute Gasteiger partial charge is 0.338 e. The van der Waals surface area contributed by atoms with Gasteiger partial charge in [0.2, 0.25) is 5.75 Å². The molecule has 0 amide bonds. The molecule has 1 aromatic rings. The molecular weight excluding hydrogens is 400 g/mol. The molecule has 1 aromatic carbocycles. The van der Waals surface area contributed by atoms with Gasteiger partial charge in [0, 0.05) is 26.2 Å². The molecule has 1 N–H and O–H groups in total. The van der Waals surface area contributed by atoms with Crippen molar-refractivity contribution in [3.05, 3.63) is 17.7 Å². The van der Waals surface area contributed by atoms with Crippen LogP contribution in [0.5, 0.6) is 17.2 Å². The first-order valence-electron chi connectivity index (χ1n) is 11.3. The van der Waals surface area contributed by atoms with E-state index in [1.807, 2.05) is 0 Å². The van der Waals surface area contributed by atoms with Crippen molar-refractivity contribution in [2.45, 2.75) is 38.2 Å². The average molecular weight is 437 g/mol. The monoisotopic (exact) mass is 436 g/mol. The summed E-state index contributed by atoms with van der Waals surface area (Å²) in [6, 6.07) is 3.25. The fraction of sp³-hybridized carbons (Fsp3) is 0.696. The summed E-state index contributed by atoms with van der Waals surface area (Å²) in [5.41, 5.74) is 0.371. The van der Waals surface area contributed by atoms with Gasteiger partial charge in [-0.2, -0.15) is 0 Å². The fourth-order valence-electron chi connectivity index (χ4n) is 4.14. The highest BCUT2D eigenvalue weighted by Gasteiger charge is 2.20. The van der Waals surface area contributed by atoms with Gasteiger partial charge in [-0.3, -0.25) is 0 Å². The third-order valence-electron chi connectivity index (χ3n) is 5.93. The van der Waals surface area contributed by atoms with Crippen molar-refractivity contribution in [3.8, 4) is 17.2 Å². The van der Waals surface area contributed by atoms with E-state index in [0.29, 0.717) is 48.9 Å². The van der Waals surface area contributed by atoms with Gasteiger partial charge in [-0.15, -0.1) is 0 Å². The van der Waals surface area contributed by atoms with Crippen LogP contribution in [0.3, 0.4) is 0 Å². The number of hydrogen-bond donors (Lipinski definition) is 1. The predicted molar refractivity (Wildman–Crippen MR) is 117 cm³/mol. The van der Waals surface area contributed by atoms with Gasteiger partial charge in [0.15, 0.2) is 11.5 Å². The minimum Gasteiger partial charge on any atom is -0.493 e. The standard InChI is InChI=1S/C23H36N2O6/c1-28-20-16-18-17-21(22(20)29-2)30-14-3-6-19(26)7-11-25-9-4-8-24(12-13-25)10-5-15-31-23(18)27/h16-17,19,26H,3-15H2,1-2H3. The topological polar surface area (TPSA) is 80.7 Å². The van der Waals surface area contributed by atoms with Crippen molar-refractivity contribution in [1.29, 1.82) is 0 Å². The molecule has 0 radical (unpaired) electrons. The van der Waals surface area contributed by atoms with Crippen LogP contribution in [0.25, 0.3) is 0 Å². The van der Waals surface area contributed by atoms with E-state index in [1.165, 1.54) is 14.2 Å². The van der Waals surface area contributed by atoms with E-state index in [9.17, 15) is 9.90 Å². The lowest BCUT2D eigenvalue weighted by Gasteiger charge is -2.22. The van der Waals surface area contributed by atoms with Crippen LogP contribution in [0.2, 0.25) is 0 Å². The van der Waals surface area contributed by atoms with Crippen LogP contribution in [-0.4, -0.2) is 93.7 Å². The first kappa shape index (κ1) is 23.6. The Morgan fingerprint density at radius 1 is 0.871 bits per heavy atom. The Balaban J connectivity index is 1.73. The van der Waals surface area contributed by atoms with Crippen LogP contribution >= 0.6 is 0 Å². The Morgan fingerprint density at radius 2 is 1.58 bits per heavy atom. The van der Waals surface area contributed by atoms with Crippen LogP contribution in [0, 0.1) is 0 Å². The van der Waals surface area contributed by atoms with Crippen molar-refractivity contribution >= 4 is 5.97 Å². The molecule has 8 heteroatoms. The number of rotatable bonds is 2. The van der Waals surface area contributed by atoms with E-state index in [-0.39, 0.29) is 6.10 Å². The van der Waals surface area contributed by atoms with E-state index in [1.54, 1.807) is 12.1 Å². The van der Waals surface area contributed by atoms with Crippen LogP contribution in [0.4, 0.5) is 0 Å². The summed E-state index contributed by atoms with van der Waals surface area (Å²) in [7, 11) is 3.06. The molecule has 0 spiro atoms.